The lowest BCUT2D eigenvalue weighted by molar-refractivity contribution is 0.0966. The number of carbonyl (C=O) groups excluding carboxylic acids is 2. The summed E-state index contributed by atoms with van der Waals surface area (Å²) >= 11 is 1.32. The fourth-order valence-corrected chi connectivity index (χ4v) is 4.33. The van der Waals surface area contributed by atoms with Gasteiger partial charge in [0.1, 0.15) is 0 Å². The predicted molar refractivity (Wildman–Crippen MR) is 112 cm³/mol. The van der Waals surface area contributed by atoms with Gasteiger partial charge >= 0.3 is 6.03 Å². The number of imide groups is 1. The number of H-pyrrole nitrogens is 1. The van der Waals surface area contributed by atoms with Crippen LogP contribution in [0.1, 0.15) is 28.1 Å². The highest BCUT2D eigenvalue weighted by molar-refractivity contribution is 7.12. The monoisotopic (exact) mass is 396 g/mol. The van der Waals surface area contributed by atoms with E-state index in [2.05, 4.69) is 44.9 Å². The fraction of sp³-hybridized carbons (Fsp3) is 0.333. The number of fused-ring (bicyclic) bond motifs is 1. The Bertz CT molecular complexity index is 942. The molecule has 0 radical (unpaired) electrons. The summed E-state index contributed by atoms with van der Waals surface area (Å²) in [7, 11) is 0. The molecule has 1 fully saturated rings. The van der Waals surface area contributed by atoms with E-state index in [-0.39, 0.29) is 11.9 Å². The van der Waals surface area contributed by atoms with Crippen LogP contribution in [0, 0.1) is 0 Å². The van der Waals surface area contributed by atoms with Gasteiger partial charge in [-0.1, -0.05) is 24.3 Å². The second-order valence-corrected chi connectivity index (χ2v) is 8.08. The number of aromatic nitrogens is 1. The Hall–Kier alpha value is -2.64. The highest BCUT2D eigenvalue weighted by Crippen LogP contribution is 2.19. The maximum Gasteiger partial charge on any atom is 0.321 e. The quantitative estimate of drug-likeness (QED) is 0.619. The van der Waals surface area contributed by atoms with Crippen molar-refractivity contribution in [3.63, 3.8) is 0 Å². The number of rotatable bonds is 5. The Morgan fingerprint density at radius 1 is 1.14 bits per heavy atom. The minimum Gasteiger partial charge on any atom is -0.361 e. The molecule has 0 atom stereocenters. The predicted octanol–water partition coefficient (Wildman–Crippen LogP) is 3.38. The maximum absolute atomic E-state index is 12.0. The van der Waals surface area contributed by atoms with Crippen molar-refractivity contribution in [2.24, 2.45) is 0 Å². The third-order valence-corrected chi connectivity index (χ3v) is 6.14. The van der Waals surface area contributed by atoms with Gasteiger partial charge in [0.2, 0.25) is 0 Å². The first kappa shape index (κ1) is 18.7. The molecule has 7 heteroatoms. The van der Waals surface area contributed by atoms with Gasteiger partial charge in [-0.05, 0) is 42.3 Å². The van der Waals surface area contributed by atoms with Crippen LogP contribution >= 0.6 is 11.3 Å². The van der Waals surface area contributed by atoms with Crippen LogP contribution in [0.15, 0.2) is 48.0 Å². The summed E-state index contributed by atoms with van der Waals surface area (Å²) in [4.78, 5) is 30.3. The summed E-state index contributed by atoms with van der Waals surface area (Å²) in [5.74, 6) is -0.344. The summed E-state index contributed by atoms with van der Waals surface area (Å²) in [6, 6.07) is 11.6. The molecule has 3 aromatic rings. The van der Waals surface area contributed by atoms with Crippen molar-refractivity contribution in [1.82, 2.24) is 20.5 Å². The first-order chi connectivity index (χ1) is 13.7. The van der Waals surface area contributed by atoms with E-state index in [9.17, 15) is 9.59 Å². The fourth-order valence-electron chi connectivity index (χ4n) is 3.71. The van der Waals surface area contributed by atoms with Crippen LogP contribution < -0.4 is 10.6 Å². The van der Waals surface area contributed by atoms with E-state index >= 15 is 0 Å². The lowest BCUT2D eigenvalue weighted by Gasteiger charge is -2.32. The molecule has 146 valence electrons. The molecule has 28 heavy (non-hydrogen) atoms. The molecule has 0 bridgehead atoms. The third kappa shape index (κ3) is 4.43. The topological polar surface area (TPSA) is 77.2 Å². The van der Waals surface area contributed by atoms with Gasteiger partial charge in [0.15, 0.2) is 0 Å². The van der Waals surface area contributed by atoms with Crippen LogP contribution in [0.3, 0.4) is 0 Å². The number of nitrogens with zero attached hydrogens (tertiary/aromatic N) is 1. The average Bonchev–Trinajstić information content (AvgIpc) is 3.38. The molecule has 0 aliphatic carbocycles. The van der Waals surface area contributed by atoms with Crippen LogP contribution in [0.4, 0.5) is 4.79 Å². The molecule has 1 aliphatic rings. The van der Waals surface area contributed by atoms with Crippen molar-refractivity contribution < 1.29 is 9.59 Å². The number of likely N-dealkylation sites (tertiary alicyclic amines) is 1. The van der Waals surface area contributed by atoms with Gasteiger partial charge in [0.05, 0.1) is 4.88 Å². The molecule has 1 aliphatic heterocycles. The lowest BCUT2D eigenvalue weighted by atomic mass is 10.0. The zero-order chi connectivity index (χ0) is 19.3. The van der Waals surface area contributed by atoms with Gasteiger partial charge < -0.3 is 15.2 Å². The summed E-state index contributed by atoms with van der Waals surface area (Å²) in [5.41, 5.74) is 2.53. The first-order valence-corrected chi connectivity index (χ1v) is 10.5. The Morgan fingerprint density at radius 2 is 1.96 bits per heavy atom. The number of nitrogens with one attached hydrogen (secondary N) is 3. The number of carbonyl (C=O) groups is 2. The molecule has 2 aromatic heterocycles. The molecule has 3 amide bonds. The smallest absolute Gasteiger partial charge is 0.321 e. The zero-order valence-electron chi connectivity index (χ0n) is 15.6. The number of aromatic amines is 1. The van der Waals surface area contributed by atoms with Crippen molar-refractivity contribution in [2.75, 3.05) is 19.6 Å². The van der Waals surface area contributed by atoms with Crippen LogP contribution in [0.2, 0.25) is 0 Å². The second kappa shape index (κ2) is 8.58. The average molecular weight is 397 g/mol. The summed E-state index contributed by atoms with van der Waals surface area (Å²) in [5, 5.41) is 8.45. The molecule has 6 nitrogen and oxygen atoms in total. The van der Waals surface area contributed by atoms with Gasteiger partial charge in [-0.3, -0.25) is 10.1 Å². The molecule has 4 rings (SSSR count). The van der Waals surface area contributed by atoms with Crippen molar-refractivity contribution in [3.8, 4) is 0 Å². The third-order valence-electron chi connectivity index (χ3n) is 5.27. The first-order valence-electron chi connectivity index (χ1n) is 9.62. The van der Waals surface area contributed by atoms with Gasteiger partial charge in [0.25, 0.3) is 5.91 Å². The van der Waals surface area contributed by atoms with Crippen molar-refractivity contribution >= 4 is 34.2 Å². The van der Waals surface area contributed by atoms with Crippen molar-refractivity contribution in [1.29, 1.82) is 0 Å². The molecule has 0 saturated carbocycles. The van der Waals surface area contributed by atoms with Crippen LogP contribution in [0.5, 0.6) is 0 Å². The van der Waals surface area contributed by atoms with Gasteiger partial charge in [-0.15, -0.1) is 11.3 Å². The number of piperidine rings is 1. The maximum atomic E-state index is 12.0. The van der Waals surface area contributed by atoms with E-state index < -0.39 is 6.03 Å². The molecule has 1 aromatic carbocycles. The minimum absolute atomic E-state index is 0.112. The number of urea groups is 1. The number of hydrogen-bond acceptors (Lipinski definition) is 4. The van der Waals surface area contributed by atoms with E-state index in [1.807, 2.05) is 11.4 Å². The Balaban J connectivity index is 1.20. The number of thiophene rings is 1. The zero-order valence-corrected chi connectivity index (χ0v) is 16.4. The highest BCUT2D eigenvalue weighted by atomic mass is 32.1. The molecule has 3 N–H and O–H groups in total. The van der Waals surface area contributed by atoms with E-state index in [0.29, 0.717) is 4.88 Å². The number of hydrogen-bond donors (Lipinski definition) is 3. The molecule has 1 saturated heterocycles. The SMILES string of the molecule is O=C(NC(=O)c1cccs1)NC1CCN(CCc2c[nH]c3ccccc23)CC1. The van der Waals surface area contributed by atoms with Gasteiger partial charge in [0, 0.05) is 42.8 Å². The summed E-state index contributed by atoms with van der Waals surface area (Å²) in [6.45, 7) is 2.91. The van der Waals surface area contributed by atoms with E-state index in [4.69, 9.17) is 0 Å². The standard InChI is InChI=1S/C21H24N4O2S/c26-20(19-6-3-13-28-19)24-21(27)23-16-8-11-25(12-9-16)10-7-15-14-22-18-5-2-1-4-17(15)18/h1-6,13-14,16,22H,7-12H2,(H2,23,24,26,27). The van der Waals surface area contributed by atoms with Gasteiger partial charge in [-0.25, -0.2) is 4.79 Å². The molecular weight excluding hydrogens is 372 g/mol. The van der Waals surface area contributed by atoms with Crippen molar-refractivity contribution in [3.05, 3.63) is 58.4 Å². The normalized spacial score (nSPS) is 15.6. The van der Waals surface area contributed by atoms with Crippen LogP contribution in [-0.2, 0) is 6.42 Å². The largest absolute Gasteiger partial charge is 0.361 e. The molecular formula is C21H24N4O2S. The number of amides is 3. The minimum atomic E-state index is -0.407. The number of benzene rings is 1. The van der Waals surface area contributed by atoms with Crippen molar-refractivity contribution in [2.45, 2.75) is 25.3 Å². The van der Waals surface area contributed by atoms with E-state index in [1.165, 1.54) is 27.8 Å². The Morgan fingerprint density at radius 3 is 2.75 bits per heavy atom. The van der Waals surface area contributed by atoms with E-state index in [0.717, 1.165) is 38.9 Å². The lowest BCUT2D eigenvalue weighted by Crippen LogP contribution is -2.49. The summed E-state index contributed by atoms with van der Waals surface area (Å²) in [6.07, 6.45) is 4.91. The van der Waals surface area contributed by atoms with Crippen LogP contribution in [0.25, 0.3) is 10.9 Å². The number of para-hydroxylation sites is 1. The molecule has 0 spiro atoms. The Kier molecular flexibility index (Phi) is 5.73. The van der Waals surface area contributed by atoms with Crippen LogP contribution in [-0.4, -0.2) is 47.5 Å². The van der Waals surface area contributed by atoms with E-state index in [1.54, 1.807) is 12.1 Å². The summed E-state index contributed by atoms with van der Waals surface area (Å²) < 4.78 is 0. The molecule has 0 unspecified atom stereocenters. The second-order valence-electron chi connectivity index (χ2n) is 7.13. The van der Waals surface area contributed by atoms with Gasteiger partial charge in [-0.2, -0.15) is 0 Å². The molecule has 3 heterocycles. The Labute approximate surface area is 167 Å². The highest BCUT2D eigenvalue weighted by Gasteiger charge is 2.21.